The van der Waals surface area contributed by atoms with E-state index in [2.05, 4.69) is 0 Å². The summed E-state index contributed by atoms with van der Waals surface area (Å²) < 4.78 is 0. The molecule has 0 aliphatic rings. The monoisotopic (exact) mass is 84.0 g/mol. The fraction of sp³-hybridized carbons (Fsp3) is 1.00. The van der Waals surface area contributed by atoms with E-state index in [1.165, 1.54) is 0 Å². The Bertz CT molecular complexity index is 11.6. The van der Waals surface area contributed by atoms with Crippen molar-refractivity contribution in [3.63, 3.8) is 0 Å². The lowest BCUT2D eigenvalue weighted by Crippen LogP contribution is -1.85. The van der Waals surface area contributed by atoms with E-state index in [9.17, 15) is 0 Å². The van der Waals surface area contributed by atoms with Crippen molar-refractivity contribution < 1.29 is 5.11 Å². The van der Waals surface area contributed by atoms with E-state index in [1.807, 2.05) is 0 Å². The second kappa shape index (κ2) is 4.73. The second-order valence-electron chi connectivity index (χ2n) is 1.09. The molecule has 0 aromatic heterocycles. The minimum Gasteiger partial charge on any atom is -0.394 e. The first-order valence-corrected chi connectivity index (χ1v) is 1.41. The van der Waals surface area contributed by atoms with Crippen LogP contribution in [0.1, 0.15) is 13.8 Å². The zero-order valence-electron chi connectivity index (χ0n) is 3.73. The first-order chi connectivity index (χ1) is 1.73. The van der Waals surface area contributed by atoms with Crippen molar-refractivity contribution in [1.82, 2.24) is 0 Å². The molecular formula is C3H8MgO. The summed E-state index contributed by atoms with van der Waals surface area (Å²) in [7, 11) is 0. The molecule has 0 fully saturated rings. The number of rotatable bonds is 0. The van der Waals surface area contributed by atoms with Gasteiger partial charge in [-0.05, 0) is 13.8 Å². The molecule has 0 rings (SSSR count). The molecule has 1 N–H and O–H groups in total. The van der Waals surface area contributed by atoms with E-state index < -0.39 is 0 Å². The van der Waals surface area contributed by atoms with E-state index >= 15 is 0 Å². The highest BCUT2D eigenvalue weighted by molar-refractivity contribution is 5.75. The summed E-state index contributed by atoms with van der Waals surface area (Å²) in [5.74, 6) is 0. The van der Waals surface area contributed by atoms with Gasteiger partial charge in [0.2, 0.25) is 0 Å². The average molecular weight is 84.4 g/mol. The third kappa shape index (κ3) is 66.6. The fourth-order valence-corrected chi connectivity index (χ4v) is 0. The van der Waals surface area contributed by atoms with Crippen LogP contribution in [-0.2, 0) is 0 Å². The maximum Gasteiger partial charge on any atom is 0.0483 e. The van der Waals surface area contributed by atoms with Crippen molar-refractivity contribution in [2.75, 3.05) is 0 Å². The zero-order valence-corrected chi connectivity index (χ0v) is 5.15. The van der Waals surface area contributed by atoms with Crippen molar-refractivity contribution in [2.45, 2.75) is 20.0 Å². The number of hydrogen-bond acceptors (Lipinski definition) is 1. The van der Waals surface area contributed by atoms with Crippen molar-refractivity contribution >= 4 is 23.1 Å². The third-order valence-corrected chi connectivity index (χ3v) is 0. The van der Waals surface area contributed by atoms with Crippen molar-refractivity contribution in [3.05, 3.63) is 0 Å². The predicted molar refractivity (Wildman–Crippen MR) is 23.1 cm³/mol. The Labute approximate surface area is 48.5 Å². The smallest absolute Gasteiger partial charge is 0.0483 e. The SMILES string of the molecule is CC(C)O.[Mg]. The zero-order chi connectivity index (χ0) is 3.58. The van der Waals surface area contributed by atoms with Gasteiger partial charge in [0.05, 0.1) is 0 Å². The van der Waals surface area contributed by atoms with E-state index in [0.29, 0.717) is 0 Å². The third-order valence-electron chi connectivity index (χ3n) is 0. The highest BCUT2D eigenvalue weighted by atomic mass is 24.3. The first-order valence-electron chi connectivity index (χ1n) is 1.41. The van der Waals surface area contributed by atoms with Gasteiger partial charge in [-0.1, -0.05) is 0 Å². The Morgan fingerprint density at radius 2 is 1.40 bits per heavy atom. The van der Waals surface area contributed by atoms with Crippen LogP contribution in [0.5, 0.6) is 0 Å². The Morgan fingerprint density at radius 1 is 1.40 bits per heavy atom. The molecule has 0 atom stereocenters. The van der Waals surface area contributed by atoms with Gasteiger partial charge in [0.25, 0.3) is 0 Å². The maximum atomic E-state index is 8.06. The Morgan fingerprint density at radius 3 is 1.40 bits per heavy atom. The molecule has 0 spiro atoms. The minimum atomic E-state index is -0.167. The predicted octanol–water partition coefficient (Wildman–Crippen LogP) is 0.00630. The summed E-state index contributed by atoms with van der Waals surface area (Å²) in [5, 5.41) is 8.06. The number of aliphatic hydroxyl groups is 1. The first kappa shape index (κ1) is 9.21. The lowest BCUT2D eigenvalue weighted by Gasteiger charge is -1.80. The van der Waals surface area contributed by atoms with Crippen LogP contribution in [-0.4, -0.2) is 34.3 Å². The Hall–Kier alpha value is 0.726. The molecule has 0 bridgehead atoms. The molecule has 0 aromatic rings. The van der Waals surface area contributed by atoms with Crippen LogP contribution in [0.25, 0.3) is 0 Å². The van der Waals surface area contributed by atoms with E-state index in [4.69, 9.17) is 5.11 Å². The van der Waals surface area contributed by atoms with Gasteiger partial charge >= 0.3 is 0 Å². The maximum absolute atomic E-state index is 8.06. The number of aliphatic hydroxyl groups excluding tert-OH is 1. The van der Waals surface area contributed by atoms with Crippen LogP contribution in [0.3, 0.4) is 0 Å². The highest BCUT2D eigenvalue weighted by Gasteiger charge is 1.69. The largest absolute Gasteiger partial charge is 0.394 e. The van der Waals surface area contributed by atoms with Gasteiger partial charge in [-0.15, -0.1) is 0 Å². The molecular weight excluding hydrogens is 76.3 g/mol. The number of hydrogen-bond donors (Lipinski definition) is 1. The van der Waals surface area contributed by atoms with Crippen molar-refractivity contribution in [3.8, 4) is 0 Å². The quantitative estimate of drug-likeness (QED) is 0.410. The molecule has 0 amide bonds. The van der Waals surface area contributed by atoms with Gasteiger partial charge in [0, 0.05) is 29.2 Å². The summed E-state index contributed by atoms with van der Waals surface area (Å²) >= 11 is 0. The molecule has 0 aliphatic carbocycles. The van der Waals surface area contributed by atoms with E-state index in [-0.39, 0.29) is 29.2 Å². The van der Waals surface area contributed by atoms with E-state index in [0.717, 1.165) is 0 Å². The van der Waals surface area contributed by atoms with Gasteiger partial charge in [0.1, 0.15) is 0 Å². The molecule has 0 aromatic carbocycles. The van der Waals surface area contributed by atoms with Crippen LogP contribution in [0.4, 0.5) is 0 Å². The molecule has 0 saturated carbocycles. The summed E-state index contributed by atoms with van der Waals surface area (Å²) in [6, 6.07) is 0. The van der Waals surface area contributed by atoms with Crippen LogP contribution in [0.15, 0.2) is 0 Å². The molecule has 2 radical (unpaired) electrons. The van der Waals surface area contributed by atoms with Gasteiger partial charge in [-0.25, -0.2) is 0 Å². The van der Waals surface area contributed by atoms with Crippen molar-refractivity contribution in [1.29, 1.82) is 0 Å². The van der Waals surface area contributed by atoms with E-state index in [1.54, 1.807) is 13.8 Å². The Kier molecular flexibility index (Phi) is 8.71. The van der Waals surface area contributed by atoms with Gasteiger partial charge < -0.3 is 5.11 Å². The molecule has 28 valence electrons. The molecule has 0 unspecified atom stereocenters. The Balaban J connectivity index is 0. The van der Waals surface area contributed by atoms with Gasteiger partial charge in [-0.2, -0.15) is 0 Å². The normalized spacial score (nSPS) is 7.20. The summed E-state index contributed by atoms with van der Waals surface area (Å²) in [4.78, 5) is 0. The van der Waals surface area contributed by atoms with Crippen LogP contribution in [0.2, 0.25) is 0 Å². The topological polar surface area (TPSA) is 20.2 Å². The lowest BCUT2D eigenvalue weighted by molar-refractivity contribution is 0.216. The summed E-state index contributed by atoms with van der Waals surface area (Å²) in [5.41, 5.74) is 0. The summed E-state index contributed by atoms with van der Waals surface area (Å²) in [6.45, 7) is 3.44. The van der Waals surface area contributed by atoms with Crippen LogP contribution >= 0.6 is 0 Å². The standard InChI is InChI=1S/C3H8O.Mg/c1-3(2)4;/h3-4H,1-2H3;. The molecule has 2 heteroatoms. The van der Waals surface area contributed by atoms with Crippen LogP contribution < -0.4 is 0 Å². The summed E-state index contributed by atoms with van der Waals surface area (Å²) in [6.07, 6.45) is -0.167. The second-order valence-corrected chi connectivity index (χ2v) is 1.09. The lowest BCUT2D eigenvalue weighted by atomic mass is 10.5. The highest BCUT2D eigenvalue weighted by Crippen LogP contribution is 1.65. The molecule has 1 nitrogen and oxygen atoms in total. The fourth-order valence-electron chi connectivity index (χ4n) is 0. The molecule has 0 saturated heterocycles. The van der Waals surface area contributed by atoms with Gasteiger partial charge in [0.15, 0.2) is 0 Å². The average Bonchev–Trinajstić information content (AvgIpc) is 0.811. The minimum absolute atomic E-state index is 0. The molecule has 5 heavy (non-hydrogen) atoms. The van der Waals surface area contributed by atoms with Crippen molar-refractivity contribution in [2.24, 2.45) is 0 Å². The van der Waals surface area contributed by atoms with Crippen LogP contribution in [0, 0.1) is 0 Å². The molecule has 0 aliphatic heterocycles. The molecule has 0 heterocycles. The van der Waals surface area contributed by atoms with Gasteiger partial charge in [-0.3, -0.25) is 0 Å².